The van der Waals surface area contributed by atoms with E-state index in [9.17, 15) is 14.4 Å². The van der Waals surface area contributed by atoms with Crippen molar-refractivity contribution in [2.75, 3.05) is 26.3 Å². The molecule has 3 fully saturated rings. The maximum atomic E-state index is 14.7. The quantitative estimate of drug-likeness (QED) is 0.134. The Bertz CT molecular complexity index is 2500. The number of nitrogens with zero attached hydrogens (tertiary/aromatic N) is 5. The van der Waals surface area contributed by atoms with Crippen LogP contribution in [-0.2, 0) is 19.1 Å². The van der Waals surface area contributed by atoms with Gasteiger partial charge < -0.3 is 29.4 Å². The number of imidazole rings is 2. The minimum Gasteiger partial charge on any atom is -0.379 e. The van der Waals surface area contributed by atoms with Gasteiger partial charge in [0.05, 0.1) is 48.5 Å². The summed E-state index contributed by atoms with van der Waals surface area (Å²) < 4.78 is 5.79. The van der Waals surface area contributed by atoms with Crippen molar-refractivity contribution < 1.29 is 19.1 Å². The molecule has 3 aliphatic rings. The molecule has 3 aliphatic heterocycles. The minimum absolute atomic E-state index is 0.00432. The van der Waals surface area contributed by atoms with Gasteiger partial charge in [-0.15, -0.1) is 0 Å². The fraction of sp³-hybridized carbons (Fsp3) is 0.380. The maximum Gasteiger partial charge on any atom is 0.250 e. The molecule has 5 heterocycles. The highest BCUT2D eigenvalue weighted by molar-refractivity contribution is 5.91. The summed E-state index contributed by atoms with van der Waals surface area (Å²) in [5, 5.41) is 2.29. The van der Waals surface area contributed by atoms with Crippen LogP contribution in [0.1, 0.15) is 101 Å². The van der Waals surface area contributed by atoms with Crippen LogP contribution in [-0.4, -0.2) is 84.7 Å². The predicted molar refractivity (Wildman–Crippen MR) is 237 cm³/mol. The van der Waals surface area contributed by atoms with Crippen molar-refractivity contribution in [3.63, 3.8) is 0 Å². The van der Waals surface area contributed by atoms with E-state index in [1.165, 1.54) is 0 Å². The molecule has 4 unspecified atom stereocenters. The number of likely N-dealkylation sites (tertiary alicyclic amines) is 2. The topological polar surface area (TPSA) is 128 Å². The number of rotatable bonds is 11. The monoisotopic (exact) mass is 817 g/mol. The van der Waals surface area contributed by atoms with Crippen molar-refractivity contribution in [1.29, 1.82) is 0 Å². The van der Waals surface area contributed by atoms with Gasteiger partial charge in [0.15, 0.2) is 0 Å². The molecule has 9 rings (SSSR count). The number of hydrogen-bond acceptors (Lipinski definition) is 6. The van der Waals surface area contributed by atoms with Crippen LogP contribution in [0.4, 0.5) is 0 Å². The summed E-state index contributed by atoms with van der Waals surface area (Å²) in [7, 11) is 0. The highest BCUT2D eigenvalue weighted by Crippen LogP contribution is 2.38. The molecule has 314 valence electrons. The van der Waals surface area contributed by atoms with Gasteiger partial charge in [0.2, 0.25) is 11.8 Å². The highest BCUT2D eigenvalue weighted by atomic mass is 16.5. The van der Waals surface area contributed by atoms with E-state index in [1.54, 1.807) is 11.8 Å². The van der Waals surface area contributed by atoms with Gasteiger partial charge in [-0.25, -0.2) is 9.97 Å². The molecule has 4 aromatic carbocycles. The zero-order valence-corrected chi connectivity index (χ0v) is 35.3. The number of ether oxygens (including phenoxy) is 1. The predicted octanol–water partition coefficient (Wildman–Crippen LogP) is 9.43. The van der Waals surface area contributed by atoms with E-state index in [0.717, 1.165) is 107 Å². The highest BCUT2D eigenvalue weighted by Gasteiger charge is 2.42. The summed E-state index contributed by atoms with van der Waals surface area (Å²) in [6, 6.07) is 30.1. The van der Waals surface area contributed by atoms with Gasteiger partial charge in [0.1, 0.15) is 17.7 Å². The second-order valence-electron chi connectivity index (χ2n) is 17.4. The molecule has 0 bridgehead atoms. The van der Waals surface area contributed by atoms with Crippen LogP contribution in [0, 0.1) is 5.92 Å². The van der Waals surface area contributed by atoms with Crippen molar-refractivity contribution in [3.05, 3.63) is 121 Å². The van der Waals surface area contributed by atoms with Crippen LogP contribution in [0.2, 0.25) is 0 Å². The number of fused-ring (bicyclic) bond motifs is 1. The van der Waals surface area contributed by atoms with Crippen LogP contribution in [0.3, 0.4) is 0 Å². The number of benzene rings is 4. The average Bonchev–Trinajstić information content (AvgIpc) is 4.13. The number of carbonyl (C=O) groups is 3. The lowest BCUT2D eigenvalue weighted by atomic mass is 9.98. The fourth-order valence-electron chi connectivity index (χ4n) is 9.68. The number of H-pyrrole nitrogens is 2. The Morgan fingerprint density at radius 2 is 1.31 bits per heavy atom. The maximum absolute atomic E-state index is 14.7. The van der Waals surface area contributed by atoms with Gasteiger partial charge in [-0.3, -0.25) is 14.4 Å². The van der Waals surface area contributed by atoms with Crippen LogP contribution in [0.15, 0.2) is 103 Å². The molecular formula is C50H55N7O4. The van der Waals surface area contributed by atoms with Gasteiger partial charge in [-0.1, -0.05) is 92.7 Å². The van der Waals surface area contributed by atoms with Gasteiger partial charge >= 0.3 is 0 Å². The molecule has 0 radical (unpaired) electrons. The first-order valence-electron chi connectivity index (χ1n) is 22.0. The Hall–Kier alpha value is -6.07. The summed E-state index contributed by atoms with van der Waals surface area (Å²) in [6.07, 6.45) is 9.54. The Labute approximate surface area is 357 Å². The molecule has 6 aromatic rings. The molecule has 2 N–H and O–H groups in total. The second kappa shape index (κ2) is 17.5. The van der Waals surface area contributed by atoms with Gasteiger partial charge in [0, 0.05) is 38.6 Å². The van der Waals surface area contributed by atoms with Crippen LogP contribution in [0.25, 0.3) is 44.4 Å². The number of aromatic nitrogens is 4. The van der Waals surface area contributed by atoms with Crippen molar-refractivity contribution in [1.82, 2.24) is 34.6 Å². The van der Waals surface area contributed by atoms with Crippen molar-refractivity contribution >= 4 is 28.5 Å². The molecule has 11 heteroatoms. The third kappa shape index (κ3) is 8.36. The molecule has 3 amide bonds. The zero-order valence-electron chi connectivity index (χ0n) is 35.3. The van der Waals surface area contributed by atoms with E-state index in [2.05, 4.69) is 84.5 Å². The first kappa shape index (κ1) is 40.3. The normalized spacial score (nSPS) is 19.8. The van der Waals surface area contributed by atoms with Crippen LogP contribution >= 0.6 is 0 Å². The largest absolute Gasteiger partial charge is 0.379 e. The minimum atomic E-state index is -0.740. The Morgan fingerprint density at radius 3 is 1.95 bits per heavy atom. The van der Waals surface area contributed by atoms with Gasteiger partial charge in [-0.05, 0) is 89.6 Å². The number of aromatic amines is 2. The first-order valence-corrected chi connectivity index (χ1v) is 22.0. The van der Waals surface area contributed by atoms with Gasteiger partial charge in [-0.2, -0.15) is 0 Å². The molecule has 4 atom stereocenters. The van der Waals surface area contributed by atoms with E-state index in [-0.39, 0.29) is 35.8 Å². The third-order valence-electron chi connectivity index (χ3n) is 12.7. The number of amides is 3. The number of nitrogens with one attached hydrogen (secondary N) is 2. The zero-order chi connectivity index (χ0) is 42.0. The van der Waals surface area contributed by atoms with Crippen LogP contribution < -0.4 is 0 Å². The fourth-order valence-corrected chi connectivity index (χ4v) is 9.68. The third-order valence-corrected chi connectivity index (χ3v) is 12.7. The molecular weight excluding hydrogens is 763 g/mol. The van der Waals surface area contributed by atoms with E-state index in [1.807, 2.05) is 52.5 Å². The lowest BCUT2D eigenvalue weighted by Crippen LogP contribution is -2.51. The van der Waals surface area contributed by atoms with E-state index >= 15 is 0 Å². The van der Waals surface area contributed by atoms with E-state index < -0.39 is 6.04 Å². The lowest BCUT2D eigenvalue weighted by molar-refractivity contribution is -0.151. The lowest BCUT2D eigenvalue weighted by Gasteiger charge is -2.40. The van der Waals surface area contributed by atoms with E-state index in [0.29, 0.717) is 32.1 Å². The Balaban J connectivity index is 0.894. The summed E-state index contributed by atoms with van der Waals surface area (Å²) >= 11 is 0. The molecule has 11 nitrogen and oxygen atoms in total. The summed E-state index contributed by atoms with van der Waals surface area (Å²) in [4.78, 5) is 63.2. The first-order chi connectivity index (χ1) is 29.7. The molecule has 0 saturated carbocycles. The van der Waals surface area contributed by atoms with Crippen molar-refractivity contribution in [2.45, 2.75) is 89.9 Å². The van der Waals surface area contributed by atoms with Crippen LogP contribution in [0.5, 0.6) is 0 Å². The summed E-state index contributed by atoms with van der Waals surface area (Å²) in [5.41, 5.74) is 6.96. The molecule has 2 aromatic heterocycles. The van der Waals surface area contributed by atoms with Crippen molar-refractivity contribution in [3.8, 4) is 33.6 Å². The SMILES string of the molecule is CC(=O)N(C1CCCOC1)C(C(=O)N1CCCC1c1ncc(-c2ccc(-c3ccc4cc(-c5cnc(C6CCCN6C(=O)CC(C)C)[nH]5)ccc4c3)cc2)[nH]1)c1ccccc1. The molecule has 3 saturated heterocycles. The summed E-state index contributed by atoms with van der Waals surface area (Å²) in [6.45, 7) is 8.23. The smallest absolute Gasteiger partial charge is 0.250 e. The summed E-state index contributed by atoms with van der Waals surface area (Å²) in [5.74, 6) is 1.95. The number of hydrogen-bond donors (Lipinski definition) is 2. The second-order valence-corrected chi connectivity index (χ2v) is 17.4. The number of carbonyl (C=O) groups excluding carboxylic acids is 3. The van der Waals surface area contributed by atoms with Crippen molar-refractivity contribution in [2.24, 2.45) is 5.92 Å². The molecule has 0 aliphatic carbocycles. The molecule has 61 heavy (non-hydrogen) atoms. The van der Waals surface area contributed by atoms with E-state index in [4.69, 9.17) is 14.7 Å². The van der Waals surface area contributed by atoms with Gasteiger partial charge in [0.25, 0.3) is 5.91 Å². The average molecular weight is 818 g/mol. The Morgan fingerprint density at radius 1 is 0.721 bits per heavy atom. The molecule has 0 spiro atoms. The Kier molecular flexibility index (Phi) is 11.6. The standard InChI is InChI=1S/C50H55N7O4/c1-32(2)26-46(59)55-23-7-13-44(55)48-52-30-43(54-48)40-22-21-38-27-37(19-20-39(38)28-40)34-15-17-35(18-16-34)42-29-51-49(53-42)45-14-8-24-56(45)50(60)47(36-10-5-4-6-11-36)57(33(3)58)41-12-9-25-61-31-41/h4-6,10-11,15-22,27-30,32,41,44-45,47H,7-9,12-14,23-26,31H2,1-3H3,(H,51,53)(H,52,54).